The first kappa shape index (κ1) is 13.6. The minimum Gasteiger partial charge on any atom is -0.322 e. The number of hydrogen-bond acceptors (Lipinski definition) is 3. The normalized spacial score (nSPS) is 25.6. The third-order valence-corrected chi connectivity index (χ3v) is 6.19. The van der Waals surface area contributed by atoms with Crippen molar-refractivity contribution in [2.45, 2.75) is 63.5 Å². The first-order valence-corrected chi connectivity index (χ1v) is 8.61. The standard InChI is InChI=1S/C16H26N2S/c1-13-7-8-14(19-13)15(17)16(9-3-4-10-16)18-11-5-2-6-12-18/h7-8,15H,2-6,9-12,17H2,1H3. The molecule has 2 aliphatic rings. The lowest BCUT2D eigenvalue weighted by Gasteiger charge is -2.47. The summed E-state index contributed by atoms with van der Waals surface area (Å²) < 4.78 is 0. The largest absolute Gasteiger partial charge is 0.322 e. The van der Waals surface area contributed by atoms with E-state index in [4.69, 9.17) is 5.73 Å². The molecule has 106 valence electrons. The van der Waals surface area contributed by atoms with Gasteiger partial charge in [0.25, 0.3) is 0 Å². The topological polar surface area (TPSA) is 29.3 Å². The SMILES string of the molecule is Cc1ccc(C(N)C2(N3CCCCC3)CCCC2)s1. The van der Waals surface area contributed by atoms with E-state index in [-0.39, 0.29) is 11.6 Å². The van der Waals surface area contributed by atoms with Gasteiger partial charge in [0, 0.05) is 15.3 Å². The first-order valence-electron chi connectivity index (χ1n) is 7.79. The number of hydrogen-bond donors (Lipinski definition) is 1. The van der Waals surface area contributed by atoms with Crippen LogP contribution in [0.3, 0.4) is 0 Å². The van der Waals surface area contributed by atoms with Crippen LogP contribution in [0.5, 0.6) is 0 Å². The molecule has 1 atom stereocenters. The molecule has 3 rings (SSSR count). The lowest BCUT2D eigenvalue weighted by molar-refractivity contribution is 0.0487. The summed E-state index contributed by atoms with van der Waals surface area (Å²) in [6, 6.07) is 4.69. The van der Waals surface area contributed by atoms with Gasteiger partial charge in [0.15, 0.2) is 0 Å². The van der Waals surface area contributed by atoms with Crippen LogP contribution in [0.4, 0.5) is 0 Å². The molecule has 1 aromatic rings. The second-order valence-electron chi connectivity index (χ2n) is 6.28. The number of nitrogens with zero attached hydrogens (tertiary/aromatic N) is 1. The average molecular weight is 278 g/mol. The van der Waals surface area contributed by atoms with E-state index in [0.717, 1.165) is 0 Å². The molecular weight excluding hydrogens is 252 g/mol. The maximum atomic E-state index is 6.75. The van der Waals surface area contributed by atoms with E-state index in [1.54, 1.807) is 0 Å². The summed E-state index contributed by atoms with van der Waals surface area (Å²) >= 11 is 1.89. The second kappa shape index (κ2) is 5.55. The van der Waals surface area contributed by atoms with Gasteiger partial charge in [0.1, 0.15) is 0 Å². The van der Waals surface area contributed by atoms with Gasteiger partial charge < -0.3 is 5.73 Å². The molecule has 2 N–H and O–H groups in total. The minimum atomic E-state index is 0.215. The molecule has 0 amide bonds. The molecule has 2 nitrogen and oxygen atoms in total. The zero-order valence-corrected chi connectivity index (χ0v) is 12.8. The van der Waals surface area contributed by atoms with Crippen LogP contribution in [0.2, 0.25) is 0 Å². The van der Waals surface area contributed by atoms with E-state index in [0.29, 0.717) is 0 Å². The van der Waals surface area contributed by atoms with Crippen molar-refractivity contribution < 1.29 is 0 Å². The van der Waals surface area contributed by atoms with Crippen LogP contribution < -0.4 is 5.73 Å². The Bertz CT molecular complexity index is 414. The van der Waals surface area contributed by atoms with Crippen molar-refractivity contribution in [1.82, 2.24) is 4.90 Å². The van der Waals surface area contributed by atoms with Crippen molar-refractivity contribution in [1.29, 1.82) is 0 Å². The third-order valence-electron chi connectivity index (χ3n) is 5.10. The highest BCUT2D eigenvalue weighted by atomic mass is 32.1. The summed E-state index contributed by atoms with van der Waals surface area (Å²) in [5.74, 6) is 0. The molecule has 1 unspecified atom stereocenters. The van der Waals surface area contributed by atoms with Gasteiger partial charge in [-0.3, -0.25) is 4.90 Å². The molecule has 1 aliphatic carbocycles. The number of rotatable bonds is 3. The van der Waals surface area contributed by atoms with Crippen LogP contribution in [-0.2, 0) is 0 Å². The molecular formula is C16H26N2S. The number of nitrogens with two attached hydrogens (primary N) is 1. The van der Waals surface area contributed by atoms with Crippen molar-refractivity contribution >= 4 is 11.3 Å². The van der Waals surface area contributed by atoms with E-state index in [1.165, 1.54) is 67.8 Å². The van der Waals surface area contributed by atoms with E-state index in [9.17, 15) is 0 Å². The van der Waals surface area contributed by atoms with Gasteiger partial charge in [-0.15, -0.1) is 11.3 Å². The predicted octanol–water partition coefficient (Wildman–Crippen LogP) is 3.86. The lowest BCUT2D eigenvalue weighted by atomic mass is 9.84. The Labute approximate surface area is 121 Å². The molecule has 0 bridgehead atoms. The van der Waals surface area contributed by atoms with Crippen LogP contribution in [0.1, 0.15) is 60.7 Å². The molecule has 2 fully saturated rings. The van der Waals surface area contributed by atoms with Gasteiger partial charge in [-0.25, -0.2) is 0 Å². The Hall–Kier alpha value is -0.380. The fourth-order valence-electron chi connectivity index (χ4n) is 4.04. The predicted molar refractivity (Wildman–Crippen MR) is 82.6 cm³/mol. The van der Waals surface area contributed by atoms with Gasteiger partial charge in [-0.05, 0) is 57.8 Å². The lowest BCUT2D eigenvalue weighted by Crippen LogP contribution is -2.55. The number of piperidine rings is 1. The third kappa shape index (κ3) is 2.48. The van der Waals surface area contributed by atoms with E-state index >= 15 is 0 Å². The Morgan fingerprint density at radius 3 is 2.37 bits per heavy atom. The summed E-state index contributed by atoms with van der Waals surface area (Å²) in [6.45, 7) is 4.71. The molecule has 0 radical (unpaired) electrons. The summed E-state index contributed by atoms with van der Waals surface area (Å²) in [5, 5.41) is 0. The quantitative estimate of drug-likeness (QED) is 0.910. The van der Waals surface area contributed by atoms with Gasteiger partial charge in [0.05, 0.1) is 6.04 Å². The van der Waals surface area contributed by atoms with Gasteiger partial charge in [0.2, 0.25) is 0 Å². The number of aryl methyl sites for hydroxylation is 1. The van der Waals surface area contributed by atoms with E-state index in [1.807, 2.05) is 11.3 Å². The average Bonchev–Trinajstić information content (AvgIpc) is 3.08. The molecule has 0 spiro atoms. The van der Waals surface area contributed by atoms with Crippen LogP contribution in [0.25, 0.3) is 0 Å². The molecule has 1 aliphatic heterocycles. The van der Waals surface area contributed by atoms with E-state index in [2.05, 4.69) is 24.0 Å². The summed E-state index contributed by atoms with van der Waals surface area (Å²) in [5.41, 5.74) is 7.01. The maximum Gasteiger partial charge on any atom is 0.0576 e. The Morgan fingerprint density at radius 1 is 1.11 bits per heavy atom. The van der Waals surface area contributed by atoms with Crippen molar-refractivity contribution in [3.05, 3.63) is 21.9 Å². The number of likely N-dealkylation sites (tertiary alicyclic amines) is 1. The smallest absolute Gasteiger partial charge is 0.0576 e. The summed E-state index contributed by atoms with van der Waals surface area (Å²) in [7, 11) is 0. The molecule has 1 saturated heterocycles. The fourth-order valence-corrected chi connectivity index (χ4v) is 5.03. The minimum absolute atomic E-state index is 0.215. The molecule has 1 aromatic heterocycles. The first-order chi connectivity index (χ1) is 9.22. The van der Waals surface area contributed by atoms with Crippen molar-refractivity contribution in [3.63, 3.8) is 0 Å². The highest BCUT2D eigenvalue weighted by Crippen LogP contribution is 2.45. The summed E-state index contributed by atoms with van der Waals surface area (Å²) in [6.07, 6.45) is 9.43. The zero-order valence-electron chi connectivity index (χ0n) is 12.0. The van der Waals surface area contributed by atoms with Crippen LogP contribution in [0.15, 0.2) is 12.1 Å². The zero-order chi connectivity index (χ0) is 13.3. The van der Waals surface area contributed by atoms with E-state index < -0.39 is 0 Å². The fraction of sp³-hybridized carbons (Fsp3) is 0.750. The molecule has 19 heavy (non-hydrogen) atoms. The number of thiophene rings is 1. The molecule has 0 aromatic carbocycles. The van der Waals surface area contributed by atoms with Crippen LogP contribution in [-0.4, -0.2) is 23.5 Å². The maximum absolute atomic E-state index is 6.75. The van der Waals surface area contributed by atoms with Crippen molar-refractivity contribution in [2.75, 3.05) is 13.1 Å². The summed E-state index contributed by atoms with van der Waals surface area (Å²) in [4.78, 5) is 5.52. The molecule has 2 heterocycles. The van der Waals surface area contributed by atoms with Gasteiger partial charge >= 0.3 is 0 Å². The molecule has 1 saturated carbocycles. The highest BCUT2D eigenvalue weighted by Gasteiger charge is 2.45. The van der Waals surface area contributed by atoms with Gasteiger partial charge in [-0.2, -0.15) is 0 Å². The van der Waals surface area contributed by atoms with Gasteiger partial charge in [-0.1, -0.05) is 19.3 Å². The second-order valence-corrected chi connectivity index (χ2v) is 7.60. The Balaban J connectivity index is 1.86. The van der Waals surface area contributed by atoms with Crippen molar-refractivity contribution in [2.24, 2.45) is 5.73 Å². The van der Waals surface area contributed by atoms with Crippen LogP contribution >= 0.6 is 11.3 Å². The van der Waals surface area contributed by atoms with Crippen molar-refractivity contribution in [3.8, 4) is 0 Å². The van der Waals surface area contributed by atoms with Crippen LogP contribution in [0, 0.1) is 6.92 Å². The Kier molecular flexibility index (Phi) is 3.97. The highest BCUT2D eigenvalue weighted by molar-refractivity contribution is 7.12. The Morgan fingerprint density at radius 2 is 1.79 bits per heavy atom. The monoisotopic (exact) mass is 278 g/mol. The molecule has 3 heteroatoms.